The van der Waals surface area contributed by atoms with E-state index in [-0.39, 0.29) is 0 Å². The van der Waals surface area contributed by atoms with E-state index in [1.54, 1.807) is 13.0 Å². The molecule has 0 saturated heterocycles. The van der Waals surface area contributed by atoms with E-state index < -0.39 is 5.97 Å². The molecule has 0 saturated carbocycles. The van der Waals surface area contributed by atoms with Gasteiger partial charge in [0.25, 0.3) is 0 Å². The monoisotopic (exact) mass is 205 g/mol. The lowest BCUT2D eigenvalue weighted by atomic mass is 10.1. The summed E-state index contributed by atoms with van der Waals surface area (Å²) in [5.41, 5.74) is 2.19. The fraction of sp³-hybridized carbons (Fsp3) is 0.250. The van der Waals surface area contributed by atoms with Gasteiger partial charge in [0, 0.05) is 17.8 Å². The molecule has 3 nitrogen and oxygen atoms in total. The zero-order valence-corrected chi connectivity index (χ0v) is 8.95. The predicted octanol–water partition coefficient (Wildman–Crippen LogP) is 2.61. The van der Waals surface area contributed by atoms with Gasteiger partial charge in [-0.15, -0.1) is 0 Å². The van der Waals surface area contributed by atoms with Crippen LogP contribution in [-0.2, 0) is 4.79 Å². The molecule has 0 atom stereocenters. The van der Waals surface area contributed by atoms with Crippen LogP contribution in [0.4, 0.5) is 5.69 Å². The van der Waals surface area contributed by atoms with Crippen LogP contribution in [0.25, 0.3) is 6.08 Å². The van der Waals surface area contributed by atoms with Crippen molar-refractivity contribution in [2.24, 2.45) is 0 Å². The van der Waals surface area contributed by atoms with Crippen molar-refractivity contribution >= 4 is 17.7 Å². The van der Waals surface area contributed by atoms with Crippen LogP contribution < -0.4 is 5.32 Å². The molecule has 0 fully saturated rings. The first-order chi connectivity index (χ1) is 7.15. The molecule has 0 radical (unpaired) electrons. The van der Waals surface area contributed by atoms with Gasteiger partial charge in [0.1, 0.15) is 0 Å². The number of rotatable bonds is 4. The molecule has 3 heteroatoms. The van der Waals surface area contributed by atoms with Crippen LogP contribution >= 0.6 is 0 Å². The van der Waals surface area contributed by atoms with Crippen molar-refractivity contribution in [2.75, 3.05) is 11.9 Å². The van der Waals surface area contributed by atoms with Gasteiger partial charge in [0.2, 0.25) is 0 Å². The van der Waals surface area contributed by atoms with Crippen molar-refractivity contribution < 1.29 is 9.90 Å². The van der Waals surface area contributed by atoms with Crippen LogP contribution in [0.3, 0.4) is 0 Å². The number of benzene rings is 1. The van der Waals surface area contributed by atoms with E-state index in [9.17, 15) is 4.79 Å². The summed E-state index contributed by atoms with van der Waals surface area (Å²) in [6, 6.07) is 7.64. The number of carbonyl (C=O) groups is 1. The van der Waals surface area contributed by atoms with E-state index in [1.165, 1.54) is 0 Å². The smallest absolute Gasteiger partial charge is 0.331 e. The van der Waals surface area contributed by atoms with Gasteiger partial charge in [-0.3, -0.25) is 0 Å². The van der Waals surface area contributed by atoms with Crippen LogP contribution in [0.15, 0.2) is 29.8 Å². The number of carboxylic acids is 1. The Bertz CT molecular complexity index is 383. The molecular weight excluding hydrogens is 190 g/mol. The molecule has 0 aromatic heterocycles. The number of para-hydroxylation sites is 1. The van der Waals surface area contributed by atoms with Gasteiger partial charge in [-0.05, 0) is 31.6 Å². The third-order valence-corrected chi connectivity index (χ3v) is 2.04. The summed E-state index contributed by atoms with van der Waals surface area (Å²) in [5, 5.41) is 12.0. The molecule has 1 rings (SSSR count). The average Bonchev–Trinajstić information content (AvgIpc) is 2.21. The number of aliphatic carboxylic acids is 1. The highest BCUT2D eigenvalue weighted by molar-refractivity contribution is 5.92. The first-order valence-corrected chi connectivity index (χ1v) is 4.89. The fourth-order valence-corrected chi connectivity index (χ4v) is 1.27. The zero-order valence-electron chi connectivity index (χ0n) is 8.95. The van der Waals surface area contributed by atoms with Crippen molar-refractivity contribution in [1.82, 2.24) is 0 Å². The maximum absolute atomic E-state index is 10.7. The minimum atomic E-state index is -0.888. The topological polar surface area (TPSA) is 49.3 Å². The molecule has 15 heavy (non-hydrogen) atoms. The molecule has 0 amide bonds. The van der Waals surface area contributed by atoms with Gasteiger partial charge in [-0.25, -0.2) is 4.79 Å². The van der Waals surface area contributed by atoms with Crippen molar-refractivity contribution in [3.8, 4) is 0 Å². The summed E-state index contributed by atoms with van der Waals surface area (Å²) < 4.78 is 0. The highest BCUT2D eigenvalue weighted by Crippen LogP contribution is 2.18. The minimum absolute atomic E-state index is 0.334. The molecule has 1 aromatic rings. The maximum Gasteiger partial charge on any atom is 0.331 e. The van der Waals surface area contributed by atoms with E-state index >= 15 is 0 Å². The molecular formula is C12H15NO2. The summed E-state index contributed by atoms with van der Waals surface area (Å²) in [6.07, 6.45) is 1.67. The third-order valence-electron chi connectivity index (χ3n) is 2.04. The Balaban J connectivity index is 3.03. The molecule has 80 valence electrons. The maximum atomic E-state index is 10.7. The average molecular weight is 205 g/mol. The quantitative estimate of drug-likeness (QED) is 0.743. The Morgan fingerprint density at radius 2 is 2.13 bits per heavy atom. The summed E-state index contributed by atoms with van der Waals surface area (Å²) in [4.78, 5) is 10.7. The van der Waals surface area contributed by atoms with E-state index in [0.29, 0.717) is 5.57 Å². The molecule has 0 bridgehead atoms. The molecule has 0 aliphatic carbocycles. The predicted molar refractivity (Wildman–Crippen MR) is 61.9 cm³/mol. The Kier molecular flexibility index (Phi) is 3.92. The first kappa shape index (κ1) is 11.3. The van der Waals surface area contributed by atoms with Crippen molar-refractivity contribution in [3.63, 3.8) is 0 Å². The number of anilines is 1. The molecule has 0 unspecified atom stereocenters. The lowest BCUT2D eigenvalue weighted by Crippen LogP contribution is -2.00. The Hall–Kier alpha value is -1.77. The minimum Gasteiger partial charge on any atom is -0.478 e. The SMILES string of the molecule is CCNc1ccccc1/C=C(\C)C(=O)O. The number of hydrogen-bond donors (Lipinski definition) is 2. The Morgan fingerprint density at radius 3 is 2.73 bits per heavy atom. The molecule has 0 heterocycles. The van der Waals surface area contributed by atoms with Crippen molar-refractivity contribution in [1.29, 1.82) is 0 Å². The lowest BCUT2D eigenvalue weighted by Gasteiger charge is -2.07. The van der Waals surface area contributed by atoms with Crippen LogP contribution in [0, 0.1) is 0 Å². The fourth-order valence-electron chi connectivity index (χ4n) is 1.27. The summed E-state index contributed by atoms with van der Waals surface area (Å²) in [7, 11) is 0. The van der Waals surface area contributed by atoms with E-state index in [1.807, 2.05) is 31.2 Å². The second-order valence-electron chi connectivity index (χ2n) is 3.25. The summed E-state index contributed by atoms with van der Waals surface area (Å²) >= 11 is 0. The lowest BCUT2D eigenvalue weighted by molar-refractivity contribution is -0.132. The van der Waals surface area contributed by atoms with Gasteiger partial charge in [-0.1, -0.05) is 18.2 Å². The van der Waals surface area contributed by atoms with Gasteiger partial charge in [0.05, 0.1) is 0 Å². The van der Waals surface area contributed by atoms with E-state index in [4.69, 9.17) is 5.11 Å². The van der Waals surface area contributed by atoms with Crippen molar-refractivity contribution in [2.45, 2.75) is 13.8 Å². The Morgan fingerprint density at radius 1 is 1.47 bits per heavy atom. The number of carboxylic acid groups (broad SMARTS) is 1. The molecule has 2 N–H and O–H groups in total. The van der Waals surface area contributed by atoms with E-state index in [2.05, 4.69) is 5.32 Å². The standard InChI is InChI=1S/C12H15NO2/c1-3-13-11-7-5-4-6-10(11)8-9(2)12(14)15/h4-8,13H,3H2,1-2H3,(H,14,15)/b9-8+. The second kappa shape index (κ2) is 5.20. The third kappa shape index (κ3) is 3.13. The molecule has 1 aromatic carbocycles. The summed E-state index contributed by atoms with van der Waals surface area (Å²) in [6.45, 7) is 4.41. The van der Waals surface area contributed by atoms with Gasteiger partial charge in [-0.2, -0.15) is 0 Å². The van der Waals surface area contributed by atoms with Gasteiger partial charge >= 0.3 is 5.97 Å². The molecule has 0 aliphatic rings. The number of nitrogens with one attached hydrogen (secondary N) is 1. The normalized spacial score (nSPS) is 11.2. The number of hydrogen-bond acceptors (Lipinski definition) is 2. The van der Waals surface area contributed by atoms with E-state index in [0.717, 1.165) is 17.8 Å². The van der Waals surface area contributed by atoms with Crippen LogP contribution in [0.1, 0.15) is 19.4 Å². The molecule has 0 aliphatic heterocycles. The largest absolute Gasteiger partial charge is 0.478 e. The second-order valence-corrected chi connectivity index (χ2v) is 3.25. The Labute approximate surface area is 89.4 Å². The van der Waals surface area contributed by atoms with Gasteiger partial charge in [0.15, 0.2) is 0 Å². The zero-order chi connectivity index (χ0) is 11.3. The highest BCUT2D eigenvalue weighted by Gasteiger charge is 2.02. The summed E-state index contributed by atoms with van der Waals surface area (Å²) in [5.74, 6) is -0.888. The van der Waals surface area contributed by atoms with Crippen LogP contribution in [-0.4, -0.2) is 17.6 Å². The van der Waals surface area contributed by atoms with Crippen LogP contribution in [0.2, 0.25) is 0 Å². The van der Waals surface area contributed by atoms with Crippen molar-refractivity contribution in [3.05, 3.63) is 35.4 Å². The molecule has 0 spiro atoms. The van der Waals surface area contributed by atoms with Crippen LogP contribution in [0.5, 0.6) is 0 Å². The first-order valence-electron chi connectivity index (χ1n) is 4.89. The highest BCUT2D eigenvalue weighted by atomic mass is 16.4. The van der Waals surface area contributed by atoms with Gasteiger partial charge < -0.3 is 10.4 Å².